The molecule has 10 nitrogen and oxygen atoms in total. The topological polar surface area (TPSA) is 137 Å². The highest BCUT2D eigenvalue weighted by molar-refractivity contribution is 7.98. The first-order valence-corrected chi connectivity index (χ1v) is 20.6. The van der Waals surface area contributed by atoms with Crippen LogP contribution < -0.4 is 10.6 Å². The second-order valence-corrected chi connectivity index (χ2v) is 14.8. The van der Waals surface area contributed by atoms with E-state index in [0.29, 0.717) is 28.2 Å². The minimum Gasteiger partial charge on any atom is -0.457 e. The lowest BCUT2D eigenvalue weighted by Gasteiger charge is -2.18. The van der Waals surface area contributed by atoms with Gasteiger partial charge in [0.15, 0.2) is 12.4 Å². The van der Waals surface area contributed by atoms with Gasteiger partial charge >= 0.3 is 11.9 Å². The van der Waals surface area contributed by atoms with Crippen LogP contribution in [-0.4, -0.2) is 52.3 Å². The summed E-state index contributed by atoms with van der Waals surface area (Å²) in [7, 11) is 0. The van der Waals surface area contributed by atoms with Gasteiger partial charge in [-0.2, -0.15) is 23.5 Å². The Morgan fingerprint density at radius 3 is 1.40 bits per heavy atom. The molecule has 2 unspecified atom stereocenters. The molecule has 0 aliphatic carbocycles. The molecule has 0 bridgehead atoms. The summed E-state index contributed by atoms with van der Waals surface area (Å²) in [4.78, 5) is 58.2. The number of hydrogen-bond donors (Lipinski definition) is 2. The fourth-order valence-electron chi connectivity index (χ4n) is 5.53. The van der Waals surface area contributed by atoms with Gasteiger partial charge in [0.25, 0.3) is 11.8 Å². The fraction of sp³-hybridized carbons (Fsp3) is 0.178. The Balaban J connectivity index is 1.15. The first-order chi connectivity index (χ1) is 27.9. The minimum absolute atomic E-state index is 0.170. The Kier molecular flexibility index (Phi) is 15.1. The zero-order chi connectivity index (χ0) is 39.7. The number of oxazole rings is 1. The maximum atomic E-state index is 13.7. The number of ether oxygens (including phenoxy) is 2. The maximum absolute atomic E-state index is 13.7. The van der Waals surface area contributed by atoms with Gasteiger partial charge in [0.05, 0.1) is 0 Å². The Bertz CT molecular complexity index is 2050. The highest BCUT2D eigenvalue weighted by atomic mass is 32.2. The molecule has 0 saturated heterocycles. The van der Waals surface area contributed by atoms with Crippen molar-refractivity contribution in [3.05, 3.63) is 185 Å². The Hall–Kier alpha value is -6.11. The summed E-state index contributed by atoms with van der Waals surface area (Å²) in [6.45, 7) is -0.655. The van der Waals surface area contributed by atoms with E-state index in [9.17, 15) is 19.2 Å². The van der Waals surface area contributed by atoms with E-state index in [1.54, 1.807) is 60.7 Å². The number of nitrogens with zero attached hydrogens (tertiary/aromatic N) is 1. The molecule has 6 rings (SSSR count). The van der Waals surface area contributed by atoms with Gasteiger partial charge in [-0.1, -0.05) is 115 Å². The van der Waals surface area contributed by atoms with E-state index in [0.717, 1.165) is 11.1 Å². The van der Waals surface area contributed by atoms with Gasteiger partial charge in [-0.15, -0.1) is 0 Å². The maximum Gasteiger partial charge on any atom is 0.329 e. The van der Waals surface area contributed by atoms with Crippen LogP contribution >= 0.6 is 23.5 Å². The third-order valence-electron chi connectivity index (χ3n) is 8.54. The summed E-state index contributed by atoms with van der Waals surface area (Å²) in [6, 6.07) is 44.1. The lowest BCUT2D eigenvalue weighted by atomic mass is 10.2. The van der Waals surface area contributed by atoms with Gasteiger partial charge in [-0.05, 0) is 47.5 Å². The average Bonchev–Trinajstić information content (AvgIpc) is 3.68. The van der Waals surface area contributed by atoms with Crippen LogP contribution in [0.2, 0.25) is 0 Å². The summed E-state index contributed by atoms with van der Waals surface area (Å²) in [5, 5.41) is 5.65. The van der Waals surface area contributed by atoms with Gasteiger partial charge in [-0.25, -0.2) is 14.6 Å². The lowest BCUT2D eigenvalue weighted by molar-refractivity contribution is -0.148. The number of esters is 2. The molecule has 0 saturated carbocycles. The molecule has 0 radical (unpaired) electrons. The number of thioether (sulfide) groups is 2. The second-order valence-electron chi connectivity index (χ2n) is 12.8. The summed E-state index contributed by atoms with van der Waals surface area (Å²) in [5.41, 5.74) is 3.88. The number of nitrogens with one attached hydrogen (secondary N) is 2. The first kappa shape index (κ1) is 40.6. The number of aromatic nitrogens is 1. The molecule has 1 heterocycles. The average molecular weight is 800 g/mol. The first-order valence-electron chi connectivity index (χ1n) is 18.3. The van der Waals surface area contributed by atoms with E-state index in [1.807, 2.05) is 91.0 Å². The van der Waals surface area contributed by atoms with Gasteiger partial charge in [0.2, 0.25) is 5.89 Å². The summed E-state index contributed by atoms with van der Waals surface area (Å²) in [6.07, 6.45) is 0. The van der Waals surface area contributed by atoms with Gasteiger partial charge in [-0.3, -0.25) is 9.59 Å². The van der Waals surface area contributed by atoms with Crippen molar-refractivity contribution in [1.29, 1.82) is 0 Å². The SMILES string of the molecule is O=C(NC(CSCc1ccccc1)C(=O)OCc1nc(-c2ccccc2)oc1COC(=O)C(CSCc1ccccc1)NC(=O)c1ccccc1)c1ccccc1. The number of rotatable bonds is 19. The zero-order valence-electron chi connectivity index (χ0n) is 31.0. The van der Waals surface area contributed by atoms with E-state index in [1.165, 1.54) is 23.5 Å². The van der Waals surface area contributed by atoms with Crippen LogP contribution in [-0.2, 0) is 43.8 Å². The van der Waals surface area contributed by atoms with Crippen LogP contribution in [0.15, 0.2) is 156 Å². The molecule has 2 N–H and O–H groups in total. The third kappa shape index (κ3) is 12.4. The van der Waals surface area contributed by atoms with Crippen LogP contribution in [0.25, 0.3) is 11.5 Å². The molecule has 0 aliphatic heterocycles. The highest BCUT2D eigenvalue weighted by Gasteiger charge is 2.27. The van der Waals surface area contributed by atoms with Crippen molar-refractivity contribution in [3.63, 3.8) is 0 Å². The molecule has 0 fully saturated rings. The monoisotopic (exact) mass is 799 g/mol. The van der Waals surface area contributed by atoms with Gasteiger partial charge < -0.3 is 24.5 Å². The second kappa shape index (κ2) is 21.3. The smallest absolute Gasteiger partial charge is 0.329 e. The molecule has 2 atom stereocenters. The normalized spacial score (nSPS) is 11.9. The van der Waals surface area contributed by atoms with Crippen molar-refractivity contribution >= 4 is 47.3 Å². The van der Waals surface area contributed by atoms with Crippen LogP contribution in [0.5, 0.6) is 0 Å². The van der Waals surface area contributed by atoms with E-state index >= 15 is 0 Å². The van der Waals surface area contributed by atoms with Crippen molar-refractivity contribution in [2.45, 2.75) is 36.8 Å². The molecule has 290 valence electrons. The molecular formula is C45H41N3O7S2. The standard InChI is InChI=1S/C45H41N3O7S2/c49-41(34-20-10-3-11-21-34)46-38(30-56-28-32-16-6-1-7-17-32)44(51)53-26-37-40(55-43(48-37)36-24-14-5-15-25-36)27-54-45(52)39(31-57-29-33-18-8-2-9-19-33)47-42(50)35-22-12-4-13-23-35/h1-25,38-39H,26-31H2,(H,46,49)(H,47,50). The van der Waals surface area contributed by atoms with E-state index in [2.05, 4.69) is 15.6 Å². The number of hydrogen-bond acceptors (Lipinski definition) is 10. The van der Waals surface area contributed by atoms with Crippen molar-refractivity contribution in [1.82, 2.24) is 15.6 Å². The predicted molar refractivity (Wildman–Crippen MR) is 222 cm³/mol. The molecule has 12 heteroatoms. The highest BCUT2D eigenvalue weighted by Crippen LogP contribution is 2.24. The van der Waals surface area contributed by atoms with E-state index < -0.39 is 35.8 Å². The Labute approximate surface area is 339 Å². The largest absolute Gasteiger partial charge is 0.457 e. The molecule has 1 aromatic heterocycles. The molecule has 0 aliphatic rings. The molecule has 6 aromatic rings. The summed E-state index contributed by atoms with van der Waals surface area (Å²) >= 11 is 2.97. The predicted octanol–water partition coefficient (Wildman–Crippen LogP) is 7.89. The quantitative estimate of drug-likeness (QED) is 0.0779. The van der Waals surface area contributed by atoms with Gasteiger partial charge in [0, 0.05) is 39.7 Å². The summed E-state index contributed by atoms with van der Waals surface area (Å²) in [5.74, 6) is 0.0247. The van der Waals surface area contributed by atoms with Crippen molar-refractivity contribution in [3.8, 4) is 11.5 Å². The zero-order valence-corrected chi connectivity index (χ0v) is 32.6. The third-order valence-corrected chi connectivity index (χ3v) is 10.8. The van der Waals surface area contributed by atoms with E-state index in [4.69, 9.17) is 13.9 Å². The van der Waals surface area contributed by atoms with Crippen molar-refractivity contribution < 1.29 is 33.1 Å². The van der Waals surface area contributed by atoms with E-state index in [-0.39, 0.29) is 42.1 Å². The molecular weight excluding hydrogens is 759 g/mol. The molecule has 5 aromatic carbocycles. The lowest BCUT2D eigenvalue weighted by Crippen LogP contribution is -2.43. The Morgan fingerprint density at radius 1 is 0.544 bits per heavy atom. The Morgan fingerprint density at radius 2 is 0.947 bits per heavy atom. The minimum atomic E-state index is -0.980. The summed E-state index contributed by atoms with van der Waals surface area (Å²) < 4.78 is 17.7. The molecule has 0 spiro atoms. The van der Waals surface area contributed by atoms with Crippen LogP contribution in [0.1, 0.15) is 43.3 Å². The number of benzene rings is 5. The fourth-order valence-corrected chi connectivity index (χ4v) is 7.53. The van der Waals surface area contributed by atoms with Gasteiger partial charge in [0.1, 0.15) is 24.4 Å². The molecule has 57 heavy (non-hydrogen) atoms. The number of amides is 2. The number of carbonyl (C=O) groups is 4. The van der Waals surface area contributed by atoms with Crippen LogP contribution in [0.4, 0.5) is 0 Å². The molecule has 2 amide bonds. The van der Waals surface area contributed by atoms with Crippen molar-refractivity contribution in [2.75, 3.05) is 11.5 Å². The van der Waals surface area contributed by atoms with Crippen molar-refractivity contribution in [2.24, 2.45) is 0 Å². The van der Waals surface area contributed by atoms with Crippen LogP contribution in [0, 0.1) is 0 Å². The van der Waals surface area contributed by atoms with Crippen LogP contribution in [0.3, 0.4) is 0 Å². The number of carbonyl (C=O) groups excluding carboxylic acids is 4.